The van der Waals surface area contributed by atoms with Gasteiger partial charge >= 0.3 is 6.09 Å². The lowest BCUT2D eigenvalue weighted by Crippen LogP contribution is -2.59. The third-order valence-corrected chi connectivity index (χ3v) is 5.98. The minimum Gasteiger partial charge on any atom is -0.445 e. The monoisotopic (exact) mass is 444 g/mol. The molecule has 8 nitrogen and oxygen atoms in total. The Balaban J connectivity index is 1.56. The molecule has 32 heavy (non-hydrogen) atoms. The van der Waals surface area contributed by atoms with E-state index in [1.165, 1.54) is 6.92 Å². The van der Waals surface area contributed by atoms with E-state index in [1.54, 1.807) is 0 Å². The Hall–Kier alpha value is -2.61. The Morgan fingerprint density at radius 3 is 2.47 bits per heavy atom. The lowest BCUT2D eigenvalue weighted by molar-refractivity contribution is -0.133. The summed E-state index contributed by atoms with van der Waals surface area (Å²) in [6.45, 7) is 8.61. The number of hydrogen-bond acceptors (Lipinski definition) is 5. The molecule has 0 spiro atoms. The summed E-state index contributed by atoms with van der Waals surface area (Å²) in [5, 5.41) is 9.38. The first-order chi connectivity index (χ1) is 15.1. The molecular weight excluding hydrogens is 408 g/mol. The van der Waals surface area contributed by atoms with E-state index in [1.807, 2.05) is 35.2 Å². The van der Waals surface area contributed by atoms with Gasteiger partial charge in [-0.3, -0.25) is 9.59 Å². The Kier molecular flexibility index (Phi) is 7.77. The fraction of sp³-hybridized carbons (Fsp3) is 0.625. The quantitative estimate of drug-likeness (QED) is 0.625. The third kappa shape index (κ3) is 6.69. The van der Waals surface area contributed by atoms with Crippen molar-refractivity contribution in [3.63, 3.8) is 0 Å². The Bertz CT molecular complexity index is 808. The summed E-state index contributed by atoms with van der Waals surface area (Å²) < 4.78 is 5.27. The highest BCUT2D eigenvalue weighted by Crippen LogP contribution is 2.28. The zero-order chi connectivity index (χ0) is 23.3. The lowest BCUT2D eigenvalue weighted by Gasteiger charge is -2.43. The Morgan fingerprint density at radius 2 is 1.81 bits per heavy atom. The first-order valence-electron chi connectivity index (χ1n) is 11.4. The SMILES string of the molecule is CC(=O)N[C@@H]1C[C@H](NC(C)(C)C)CC[C@H]1N1CC[C@H](NC(=O)OCc2ccccc2)C1=O. The van der Waals surface area contributed by atoms with E-state index in [-0.39, 0.29) is 42.1 Å². The molecule has 3 amide bonds. The minimum absolute atomic E-state index is 0.0170. The van der Waals surface area contributed by atoms with Crippen LogP contribution in [0.4, 0.5) is 4.79 Å². The third-order valence-electron chi connectivity index (χ3n) is 5.98. The molecule has 2 aliphatic rings. The maximum absolute atomic E-state index is 13.1. The van der Waals surface area contributed by atoms with Crippen molar-refractivity contribution in [3.8, 4) is 0 Å². The second-order valence-electron chi connectivity index (χ2n) is 9.86. The van der Waals surface area contributed by atoms with Crippen LogP contribution in [-0.4, -0.2) is 59.1 Å². The zero-order valence-electron chi connectivity index (χ0n) is 19.5. The summed E-state index contributed by atoms with van der Waals surface area (Å²) in [4.78, 5) is 39.0. The van der Waals surface area contributed by atoms with Gasteiger partial charge in [0.25, 0.3) is 0 Å². The maximum atomic E-state index is 13.1. The molecule has 1 aromatic rings. The van der Waals surface area contributed by atoms with E-state index in [9.17, 15) is 14.4 Å². The van der Waals surface area contributed by atoms with Crippen molar-refractivity contribution in [3.05, 3.63) is 35.9 Å². The van der Waals surface area contributed by atoms with Gasteiger partial charge in [-0.15, -0.1) is 0 Å². The van der Waals surface area contributed by atoms with Gasteiger partial charge in [0.2, 0.25) is 11.8 Å². The number of likely N-dealkylation sites (tertiary alicyclic amines) is 1. The number of nitrogens with zero attached hydrogens (tertiary/aromatic N) is 1. The number of amides is 3. The molecule has 1 aliphatic carbocycles. The van der Waals surface area contributed by atoms with Crippen molar-refractivity contribution in [1.82, 2.24) is 20.9 Å². The molecule has 0 unspecified atom stereocenters. The van der Waals surface area contributed by atoms with E-state index < -0.39 is 12.1 Å². The first kappa shape index (κ1) is 24.0. The molecular formula is C24H36N4O4. The number of rotatable bonds is 6. The summed E-state index contributed by atoms with van der Waals surface area (Å²) in [6.07, 6.45) is 2.44. The van der Waals surface area contributed by atoms with E-state index in [0.29, 0.717) is 13.0 Å². The van der Waals surface area contributed by atoms with Gasteiger partial charge in [0, 0.05) is 25.0 Å². The smallest absolute Gasteiger partial charge is 0.408 e. The largest absolute Gasteiger partial charge is 0.445 e. The standard InChI is InChI=1S/C24H36N4O4/c1-16(29)25-20-14-18(27-24(2,3)4)10-11-21(20)28-13-12-19(22(28)30)26-23(31)32-15-17-8-6-5-7-9-17/h5-9,18-21,27H,10-15H2,1-4H3,(H,25,29)(H,26,31)/t18-,19+,20-,21-/m1/s1. The number of benzene rings is 1. The number of carbonyl (C=O) groups excluding carboxylic acids is 3. The van der Waals surface area contributed by atoms with Crippen LogP contribution in [0.15, 0.2) is 30.3 Å². The number of hydrogen-bond donors (Lipinski definition) is 3. The Labute approximate surface area is 190 Å². The van der Waals surface area contributed by atoms with E-state index >= 15 is 0 Å². The average molecular weight is 445 g/mol. The highest BCUT2D eigenvalue weighted by Gasteiger charge is 2.43. The number of alkyl carbamates (subject to hydrolysis) is 1. The molecule has 3 rings (SSSR count). The molecule has 2 fully saturated rings. The van der Waals surface area contributed by atoms with Crippen molar-refractivity contribution < 1.29 is 19.1 Å². The van der Waals surface area contributed by atoms with Gasteiger partial charge in [0.05, 0.1) is 12.1 Å². The second-order valence-corrected chi connectivity index (χ2v) is 9.86. The van der Waals surface area contributed by atoms with Crippen LogP contribution in [-0.2, 0) is 20.9 Å². The lowest BCUT2D eigenvalue weighted by atomic mass is 9.84. The molecule has 0 radical (unpaired) electrons. The average Bonchev–Trinajstić information content (AvgIpc) is 3.06. The molecule has 1 aromatic carbocycles. The molecule has 1 heterocycles. The van der Waals surface area contributed by atoms with Crippen LogP contribution in [0.3, 0.4) is 0 Å². The van der Waals surface area contributed by atoms with Gasteiger partial charge < -0.3 is 25.6 Å². The van der Waals surface area contributed by atoms with E-state index in [2.05, 4.69) is 36.7 Å². The van der Waals surface area contributed by atoms with Crippen LogP contribution in [0.5, 0.6) is 0 Å². The highest BCUT2D eigenvalue weighted by atomic mass is 16.5. The van der Waals surface area contributed by atoms with Gasteiger partial charge in [-0.2, -0.15) is 0 Å². The number of nitrogens with one attached hydrogen (secondary N) is 3. The highest BCUT2D eigenvalue weighted by molar-refractivity contribution is 5.88. The number of ether oxygens (including phenoxy) is 1. The zero-order valence-corrected chi connectivity index (χ0v) is 19.5. The van der Waals surface area contributed by atoms with Gasteiger partial charge in [0.1, 0.15) is 12.6 Å². The predicted molar refractivity (Wildman–Crippen MR) is 122 cm³/mol. The molecule has 1 saturated carbocycles. The number of carbonyl (C=O) groups is 3. The van der Waals surface area contributed by atoms with Gasteiger partial charge in [-0.1, -0.05) is 30.3 Å². The van der Waals surface area contributed by atoms with Crippen LogP contribution < -0.4 is 16.0 Å². The van der Waals surface area contributed by atoms with Crippen molar-refractivity contribution in [1.29, 1.82) is 0 Å². The second kappa shape index (κ2) is 10.3. The molecule has 3 N–H and O–H groups in total. The fourth-order valence-electron chi connectivity index (χ4n) is 4.76. The summed E-state index contributed by atoms with van der Waals surface area (Å²) >= 11 is 0. The Morgan fingerprint density at radius 1 is 1.09 bits per heavy atom. The van der Waals surface area contributed by atoms with Crippen LogP contribution in [0.25, 0.3) is 0 Å². The molecule has 1 aliphatic heterocycles. The minimum atomic E-state index is -0.596. The molecule has 176 valence electrons. The van der Waals surface area contributed by atoms with E-state index in [0.717, 1.165) is 24.8 Å². The summed E-state index contributed by atoms with van der Waals surface area (Å²) in [7, 11) is 0. The van der Waals surface area contributed by atoms with Gasteiger partial charge in [-0.25, -0.2) is 4.79 Å². The van der Waals surface area contributed by atoms with Crippen molar-refractivity contribution >= 4 is 17.9 Å². The topological polar surface area (TPSA) is 99.8 Å². The molecule has 0 aromatic heterocycles. The van der Waals surface area contributed by atoms with Crippen molar-refractivity contribution in [2.45, 2.75) is 89.7 Å². The summed E-state index contributed by atoms with van der Waals surface area (Å²) in [6, 6.07) is 8.91. The normalized spacial score (nSPS) is 26.0. The molecule has 1 saturated heterocycles. The summed E-state index contributed by atoms with van der Waals surface area (Å²) in [5.41, 5.74) is 0.873. The van der Waals surface area contributed by atoms with Crippen LogP contribution in [0.2, 0.25) is 0 Å². The van der Waals surface area contributed by atoms with Crippen molar-refractivity contribution in [2.24, 2.45) is 0 Å². The van der Waals surface area contributed by atoms with Gasteiger partial charge in [0.15, 0.2) is 0 Å². The van der Waals surface area contributed by atoms with Crippen LogP contribution in [0, 0.1) is 0 Å². The predicted octanol–water partition coefficient (Wildman–Crippen LogP) is 2.33. The summed E-state index contributed by atoms with van der Waals surface area (Å²) in [5.74, 6) is -0.202. The molecule has 0 bridgehead atoms. The maximum Gasteiger partial charge on any atom is 0.408 e. The van der Waals surface area contributed by atoms with Crippen molar-refractivity contribution in [2.75, 3.05) is 6.54 Å². The first-order valence-corrected chi connectivity index (χ1v) is 11.4. The molecule has 4 atom stereocenters. The van der Waals surface area contributed by atoms with Crippen LogP contribution >= 0.6 is 0 Å². The van der Waals surface area contributed by atoms with Crippen LogP contribution in [0.1, 0.15) is 58.9 Å². The van der Waals surface area contributed by atoms with E-state index in [4.69, 9.17) is 4.74 Å². The molecule has 8 heteroatoms. The fourth-order valence-corrected chi connectivity index (χ4v) is 4.76. The van der Waals surface area contributed by atoms with Gasteiger partial charge in [-0.05, 0) is 52.0 Å².